The minimum absolute atomic E-state index is 0.348. The molecule has 1 aromatic carbocycles. The largest absolute Gasteiger partial charge is 0.479 e. The van der Waals surface area contributed by atoms with Gasteiger partial charge in [0.05, 0.1) is 0 Å². The standard InChI is InChI=1S/C12H14FNO4/c1-8(12(16)17-7-11(15)14-2)18-10-5-3-9(13)4-6-10/h3-6,8H,7H2,1-2H3,(H,14,15)/t8-/m0/s1. The van der Waals surface area contributed by atoms with Gasteiger partial charge in [0, 0.05) is 7.05 Å². The first kappa shape index (κ1) is 14.0. The average Bonchev–Trinajstić information content (AvgIpc) is 2.38. The normalized spacial score (nSPS) is 11.5. The fourth-order valence-corrected chi connectivity index (χ4v) is 1.09. The summed E-state index contributed by atoms with van der Waals surface area (Å²) in [6.45, 7) is 1.13. The van der Waals surface area contributed by atoms with Crippen molar-refractivity contribution in [1.29, 1.82) is 0 Å². The van der Waals surface area contributed by atoms with Gasteiger partial charge in [0.15, 0.2) is 12.7 Å². The predicted molar refractivity (Wildman–Crippen MR) is 61.5 cm³/mol. The van der Waals surface area contributed by atoms with Crippen molar-refractivity contribution in [3.63, 3.8) is 0 Å². The Morgan fingerprint density at radius 3 is 2.50 bits per heavy atom. The van der Waals surface area contributed by atoms with Crippen molar-refractivity contribution in [2.24, 2.45) is 0 Å². The third-order valence-electron chi connectivity index (χ3n) is 2.08. The van der Waals surface area contributed by atoms with Crippen LogP contribution in [0.15, 0.2) is 24.3 Å². The highest BCUT2D eigenvalue weighted by atomic mass is 19.1. The van der Waals surface area contributed by atoms with E-state index >= 15 is 0 Å². The molecule has 18 heavy (non-hydrogen) atoms. The van der Waals surface area contributed by atoms with Crippen LogP contribution in [-0.2, 0) is 14.3 Å². The van der Waals surface area contributed by atoms with Crippen molar-refractivity contribution in [2.75, 3.05) is 13.7 Å². The SMILES string of the molecule is CNC(=O)COC(=O)[C@H](C)Oc1ccc(F)cc1. The number of hydrogen-bond donors (Lipinski definition) is 1. The van der Waals surface area contributed by atoms with Crippen molar-refractivity contribution >= 4 is 11.9 Å². The van der Waals surface area contributed by atoms with Crippen molar-refractivity contribution in [3.8, 4) is 5.75 Å². The summed E-state index contributed by atoms with van der Waals surface area (Å²) in [5.41, 5.74) is 0. The lowest BCUT2D eigenvalue weighted by Crippen LogP contribution is -2.31. The lowest BCUT2D eigenvalue weighted by Gasteiger charge is -2.13. The van der Waals surface area contributed by atoms with Gasteiger partial charge in [0.25, 0.3) is 5.91 Å². The molecule has 0 aliphatic carbocycles. The molecule has 0 aromatic heterocycles. The van der Waals surface area contributed by atoms with E-state index in [1.165, 1.54) is 38.2 Å². The summed E-state index contributed by atoms with van der Waals surface area (Å²) in [7, 11) is 1.44. The maximum Gasteiger partial charge on any atom is 0.347 e. The van der Waals surface area contributed by atoms with Crippen LogP contribution in [0.2, 0.25) is 0 Å². The molecule has 0 aliphatic rings. The highest BCUT2D eigenvalue weighted by molar-refractivity contribution is 5.81. The molecule has 1 atom stereocenters. The first-order valence-electron chi connectivity index (χ1n) is 5.32. The third-order valence-corrected chi connectivity index (χ3v) is 2.08. The molecular weight excluding hydrogens is 241 g/mol. The molecule has 1 aromatic rings. The zero-order chi connectivity index (χ0) is 13.5. The Balaban J connectivity index is 2.44. The first-order chi connectivity index (χ1) is 8.52. The molecule has 0 bridgehead atoms. The molecule has 6 heteroatoms. The van der Waals surface area contributed by atoms with Crippen LogP contribution in [0.5, 0.6) is 5.75 Å². The molecule has 1 amide bonds. The Bertz CT molecular complexity index is 419. The van der Waals surface area contributed by atoms with E-state index < -0.39 is 23.8 Å². The Labute approximate surface area is 104 Å². The van der Waals surface area contributed by atoms with Crippen molar-refractivity contribution in [1.82, 2.24) is 5.32 Å². The number of benzene rings is 1. The molecule has 0 saturated carbocycles. The summed E-state index contributed by atoms with van der Waals surface area (Å²) in [4.78, 5) is 22.3. The molecule has 1 rings (SSSR count). The number of likely N-dealkylation sites (N-methyl/N-ethyl adjacent to an activating group) is 1. The van der Waals surface area contributed by atoms with Crippen LogP contribution in [-0.4, -0.2) is 31.6 Å². The van der Waals surface area contributed by atoms with Gasteiger partial charge in [-0.15, -0.1) is 0 Å². The van der Waals surface area contributed by atoms with Gasteiger partial charge < -0.3 is 14.8 Å². The van der Waals surface area contributed by atoms with E-state index in [0.717, 1.165) is 0 Å². The fourth-order valence-electron chi connectivity index (χ4n) is 1.09. The zero-order valence-corrected chi connectivity index (χ0v) is 10.1. The van der Waals surface area contributed by atoms with Gasteiger partial charge >= 0.3 is 5.97 Å². The molecule has 0 saturated heterocycles. The number of nitrogens with one attached hydrogen (secondary N) is 1. The highest BCUT2D eigenvalue weighted by Crippen LogP contribution is 2.13. The van der Waals surface area contributed by atoms with E-state index in [-0.39, 0.29) is 6.61 Å². The predicted octanol–water partition coefficient (Wildman–Crippen LogP) is 0.882. The van der Waals surface area contributed by atoms with Crippen LogP contribution < -0.4 is 10.1 Å². The Morgan fingerprint density at radius 2 is 1.94 bits per heavy atom. The summed E-state index contributed by atoms with van der Waals surface area (Å²) in [5.74, 6) is -1.11. The number of hydrogen-bond acceptors (Lipinski definition) is 4. The lowest BCUT2D eigenvalue weighted by molar-refractivity contribution is -0.154. The molecule has 0 unspecified atom stereocenters. The van der Waals surface area contributed by atoms with Crippen LogP contribution in [0, 0.1) is 5.82 Å². The Morgan fingerprint density at radius 1 is 1.33 bits per heavy atom. The van der Waals surface area contributed by atoms with Gasteiger partial charge in [-0.05, 0) is 31.2 Å². The van der Waals surface area contributed by atoms with Crippen molar-refractivity contribution < 1.29 is 23.5 Å². The summed E-state index contributed by atoms with van der Waals surface area (Å²) in [6.07, 6.45) is -0.875. The number of esters is 1. The monoisotopic (exact) mass is 255 g/mol. The second-order valence-corrected chi connectivity index (χ2v) is 3.49. The fraction of sp³-hybridized carbons (Fsp3) is 0.333. The third kappa shape index (κ3) is 4.40. The van der Waals surface area contributed by atoms with E-state index in [0.29, 0.717) is 5.75 Å². The van der Waals surface area contributed by atoms with Gasteiger partial charge in [-0.25, -0.2) is 9.18 Å². The summed E-state index contributed by atoms with van der Waals surface area (Å²) >= 11 is 0. The minimum Gasteiger partial charge on any atom is -0.479 e. The van der Waals surface area contributed by atoms with Gasteiger partial charge in [-0.3, -0.25) is 4.79 Å². The van der Waals surface area contributed by atoms with E-state index in [2.05, 4.69) is 5.32 Å². The van der Waals surface area contributed by atoms with Gasteiger partial charge in [-0.2, -0.15) is 0 Å². The Hall–Kier alpha value is -2.11. The molecule has 0 radical (unpaired) electrons. The molecule has 0 heterocycles. The van der Waals surface area contributed by atoms with E-state index in [1.807, 2.05) is 0 Å². The minimum atomic E-state index is -0.875. The van der Waals surface area contributed by atoms with Crippen LogP contribution in [0.4, 0.5) is 4.39 Å². The van der Waals surface area contributed by atoms with Gasteiger partial charge in [-0.1, -0.05) is 0 Å². The lowest BCUT2D eigenvalue weighted by atomic mass is 10.3. The molecule has 0 aliphatic heterocycles. The smallest absolute Gasteiger partial charge is 0.347 e. The number of carbonyl (C=O) groups excluding carboxylic acids is 2. The second kappa shape index (κ2) is 6.58. The molecule has 0 fully saturated rings. The molecule has 0 spiro atoms. The number of carbonyl (C=O) groups is 2. The maximum absolute atomic E-state index is 12.6. The number of halogens is 1. The van der Waals surface area contributed by atoms with E-state index in [9.17, 15) is 14.0 Å². The van der Waals surface area contributed by atoms with Crippen molar-refractivity contribution in [2.45, 2.75) is 13.0 Å². The molecule has 5 nitrogen and oxygen atoms in total. The molecule has 98 valence electrons. The van der Waals surface area contributed by atoms with Gasteiger partial charge in [0.1, 0.15) is 11.6 Å². The number of amides is 1. The first-order valence-corrected chi connectivity index (χ1v) is 5.32. The topological polar surface area (TPSA) is 64.6 Å². The van der Waals surface area contributed by atoms with E-state index in [1.54, 1.807) is 0 Å². The van der Waals surface area contributed by atoms with Crippen molar-refractivity contribution in [3.05, 3.63) is 30.1 Å². The number of rotatable bonds is 5. The maximum atomic E-state index is 12.6. The number of ether oxygens (including phenoxy) is 2. The van der Waals surface area contributed by atoms with Crippen LogP contribution in [0.3, 0.4) is 0 Å². The van der Waals surface area contributed by atoms with E-state index in [4.69, 9.17) is 9.47 Å². The summed E-state index contributed by atoms with van der Waals surface area (Å²) in [6, 6.07) is 5.24. The quantitative estimate of drug-likeness (QED) is 0.793. The highest BCUT2D eigenvalue weighted by Gasteiger charge is 2.17. The van der Waals surface area contributed by atoms with Crippen LogP contribution >= 0.6 is 0 Å². The molecular formula is C12H14FNO4. The Kier molecular flexibility index (Phi) is 5.10. The average molecular weight is 255 g/mol. The van der Waals surface area contributed by atoms with Gasteiger partial charge in [0.2, 0.25) is 0 Å². The second-order valence-electron chi connectivity index (χ2n) is 3.49. The molecule has 1 N–H and O–H groups in total. The zero-order valence-electron chi connectivity index (χ0n) is 10.1. The van der Waals surface area contributed by atoms with Crippen LogP contribution in [0.1, 0.15) is 6.92 Å². The summed E-state index contributed by atoms with van der Waals surface area (Å²) in [5, 5.41) is 2.32. The summed E-state index contributed by atoms with van der Waals surface area (Å²) < 4.78 is 22.6. The van der Waals surface area contributed by atoms with Crippen LogP contribution in [0.25, 0.3) is 0 Å².